The van der Waals surface area contributed by atoms with Gasteiger partial charge in [0.05, 0.1) is 5.02 Å². The highest BCUT2D eigenvalue weighted by Gasteiger charge is 2.13. The van der Waals surface area contributed by atoms with Gasteiger partial charge in [-0.3, -0.25) is 0 Å². The first-order valence-electron chi connectivity index (χ1n) is 6.65. The van der Waals surface area contributed by atoms with Crippen LogP contribution in [0.1, 0.15) is 13.8 Å². The summed E-state index contributed by atoms with van der Waals surface area (Å²) in [5, 5.41) is 4.78. The van der Waals surface area contributed by atoms with E-state index in [1.54, 1.807) is 25.4 Å². The number of aromatic nitrogens is 4. The minimum absolute atomic E-state index is 0.529. The number of nitrogens with one attached hydrogen (secondary N) is 1. The second kappa shape index (κ2) is 7.42. The van der Waals surface area contributed by atoms with Crippen LogP contribution in [0.15, 0.2) is 28.5 Å². The number of anilines is 2. The molecule has 0 aliphatic rings. The van der Waals surface area contributed by atoms with E-state index < -0.39 is 0 Å². The number of halogens is 1. The van der Waals surface area contributed by atoms with Crippen LogP contribution in [0.5, 0.6) is 0 Å². The maximum atomic E-state index is 6.12. The summed E-state index contributed by atoms with van der Waals surface area (Å²) in [6.45, 7) is 5.79. The molecule has 6 nitrogen and oxygen atoms in total. The highest BCUT2D eigenvalue weighted by atomic mass is 35.5. The van der Waals surface area contributed by atoms with Crippen molar-refractivity contribution in [2.75, 3.05) is 30.4 Å². The van der Waals surface area contributed by atoms with E-state index in [1.165, 1.54) is 11.8 Å². The molecule has 0 radical (unpaired) electrons. The third-order valence-corrected chi connectivity index (χ3v) is 4.09. The third-order valence-electron chi connectivity index (χ3n) is 2.79. The second-order valence-electron chi connectivity index (χ2n) is 4.06. The standard InChI is InChI=1S/C13H17ClN6S/c1-4-20(5-2)12-17-11(15-3)18-13(19-12)21-10-9(14)7-6-8-16-10/h6-8H,4-5H2,1-3H3,(H,15,17,18,19). The molecule has 112 valence electrons. The van der Waals surface area contributed by atoms with Gasteiger partial charge in [0.1, 0.15) is 5.03 Å². The Morgan fingerprint density at radius 3 is 2.62 bits per heavy atom. The first-order chi connectivity index (χ1) is 10.2. The molecule has 0 aromatic carbocycles. The minimum atomic E-state index is 0.529. The lowest BCUT2D eigenvalue weighted by molar-refractivity contribution is 0.784. The van der Waals surface area contributed by atoms with Crippen LogP contribution in [-0.2, 0) is 0 Å². The Balaban J connectivity index is 2.35. The second-order valence-corrected chi connectivity index (χ2v) is 5.42. The Kier molecular flexibility index (Phi) is 5.58. The SMILES string of the molecule is CCN(CC)c1nc(NC)nc(Sc2ncccc2Cl)n1. The van der Waals surface area contributed by atoms with Crippen molar-refractivity contribution < 1.29 is 0 Å². The van der Waals surface area contributed by atoms with E-state index in [0.29, 0.717) is 27.1 Å². The zero-order valence-corrected chi connectivity index (χ0v) is 13.7. The van der Waals surface area contributed by atoms with Gasteiger partial charge in [-0.2, -0.15) is 15.0 Å². The molecular weight excluding hydrogens is 308 g/mol. The first kappa shape index (κ1) is 15.8. The molecule has 2 aromatic heterocycles. The molecule has 0 aliphatic carbocycles. The minimum Gasteiger partial charge on any atom is -0.357 e. The Bertz CT molecular complexity index is 605. The summed E-state index contributed by atoms with van der Waals surface area (Å²) in [7, 11) is 1.78. The van der Waals surface area contributed by atoms with E-state index in [9.17, 15) is 0 Å². The molecule has 2 heterocycles. The molecule has 0 aliphatic heterocycles. The van der Waals surface area contributed by atoms with Crippen LogP contribution in [-0.4, -0.2) is 40.1 Å². The summed E-state index contributed by atoms with van der Waals surface area (Å²) in [5.41, 5.74) is 0. The number of rotatable bonds is 6. The largest absolute Gasteiger partial charge is 0.357 e. The van der Waals surface area contributed by atoms with Crippen molar-refractivity contribution in [3.05, 3.63) is 23.4 Å². The Morgan fingerprint density at radius 2 is 2.00 bits per heavy atom. The zero-order chi connectivity index (χ0) is 15.2. The predicted molar refractivity (Wildman–Crippen MR) is 86.3 cm³/mol. The maximum absolute atomic E-state index is 6.12. The third kappa shape index (κ3) is 3.95. The van der Waals surface area contributed by atoms with Crippen molar-refractivity contribution >= 4 is 35.3 Å². The van der Waals surface area contributed by atoms with Gasteiger partial charge in [0, 0.05) is 26.3 Å². The molecule has 1 N–H and O–H groups in total. The summed E-state index contributed by atoms with van der Waals surface area (Å²) >= 11 is 7.45. The molecule has 2 aromatic rings. The highest BCUT2D eigenvalue weighted by molar-refractivity contribution is 7.99. The van der Waals surface area contributed by atoms with Gasteiger partial charge in [0.15, 0.2) is 0 Å². The molecule has 2 rings (SSSR count). The van der Waals surface area contributed by atoms with Gasteiger partial charge in [-0.25, -0.2) is 4.98 Å². The topological polar surface area (TPSA) is 66.8 Å². The number of pyridine rings is 1. The number of hydrogen-bond acceptors (Lipinski definition) is 7. The van der Waals surface area contributed by atoms with Crippen LogP contribution in [0.2, 0.25) is 5.02 Å². The first-order valence-corrected chi connectivity index (χ1v) is 7.84. The van der Waals surface area contributed by atoms with Gasteiger partial charge < -0.3 is 10.2 Å². The molecule has 8 heteroatoms. The van der Waals surface area contributed by atoms with E-state index >= 15 is 0 Å². The summed E-state index contributed by atoms with van der Waals surface area (Å²) in [6.07, 6.45) is 1.69. The molecule has 21 heavy (non-hydrogen) atoms. The van der Waals surface area contributed by atoms with E-state index in [0.717, 1.165) is 13.1 Å². The van der Waals surface area contributed by atoms with Crippen LogP contribution in [0, 0.1) is 0 Å². The van der Waals surface area contributed by atoms with E-state index in [1.807, 2.05) is 0 Å². The quantitative estimate of drug-likeness (QED) is 0.876. The van der Waals surface area contributed by atoms with Crippen molar-refractivity contribution in [2.45, 2.75) is 24.0 Å². The fraction of sp³-hybridized carbons (Fsp3) is 0.385. The molecular formula is C13H17ClN6S. The predicted octanol–water partition coefficient (Wildman–Crippen LogP) is 2.96. The van der Waals surface area contributed by atoms with Crippen molar-refractivity contribution in [2.24, 2.45) is 0 Å². The number of hydrogen-bond donors (Lipinski definition) is 1. The van der Waals surface area contributed by atoms with Crippen molar-refractivity contribution in [3.63, 3.8) is 0 Å². The van der Waals surface area contributed by atoms with Crippen LogP contribution in [0.4, 0.5) is 11.9 Å². The Hall–Kier alpha value is -1.60. The van der Waals surface area contributed by atoms with Crippen LogP contribution >= 0.6 is 23.4 Å². The molecule has 0 bridgehead atoms. The molecule has 0 atom stereocenters. The van der Waals surface area contributed by atoms with Gasteiger partial charge in [-0.15, -0.1) is 0 Å². The fourth-order valence-corrected chi connectivity index (χ4v) is 2.63. The lowest BCUT2D eigenvalue weighted by Crippen LogP contribution is -2.25. The van der Waals surface area contributed by atoms with E-state index in [2.05, 4.69) is 44.0 Å². The Morgan fingerprint density at radius 1 is 1.24 bits per heavy atom. The van der Waals surface area contributed by atoms with Gasteiger partial charge >= 0.3 is 0 Å². The monoisotopic (exact) mass is 324 g/mol. The number of nitrogens with zero attached hydrogens (tertiary/aromatic N) is 5. The average molecular weight is 325 g/mol. The van der Waals surface area contributed by atoms with E-state index in [4.69, 9.17) is 11.6 Å². The molecule has 0 saturated heterocycles. The van der Waals surface area contributed by atoms with Crippen LogP contribution in [0.3, 0.4) is 0 Å². The van der Waals surface area contributed by atoms with Crippen molar-refractivity contribution in [1.29, 1.82) is 0 Å². The van der Waals surface area contributed by atoms with Gasteiger partial charge in [-0.05, 0) is 37.7 Å². The lowest BCUT2D eigenvalue weighted by atomic mass is 10.5. The summed E-state index contributed by atoms with van der Waals surface area (Å²) in [6, 6.07) is 3.59. The molecule has 0 amide bonds. The van der Waals surface area contributed by atoms with Crippen LogP contribution < -0.4 is 10.2 Å². The zero-order valence-electron chi connectivity index (χ0n) is 12.2. The average Bonchev–Trinajstić information content (AvgIpc) is 2.50. The molecule has 0 fully saturated rings. The normalized spacial score (nSPS) is 10.5. The molecule has 0 saturated carbocycles. The highest BCUT2D eigenvalue weighted by Crippen LogP contribution is 2.30. The van der Waals surface area contributed by atoms with Crippen molar-refractivity contribution in [3.8, 4) is 0 Å². The summed E-state index contributed by atoms with van der Waals surface area (Å²) in [4.78, 5) is 19.5. The van der Waals surface area contributed by atoms with Gasteiger partial charge in [0.2, 0.25) is 17.1 Å². The van der Waals surface area contributed by atoms with Crippen LogP contribution in [0.25, 0.3) is 0 Å². The fourth-order valence-electron chi connectivity index (χ4n) is 1.68. The Labute approximate surface area is 133 Å². The maximum Gasteiger partial charge on any atom is 0.231 e. The summed E-state index contributed by atoms with van der Waals surface area (Å²) in [5.74, 6) is 1.18. The molecule has 0 unspecified atom stereocenters. The van der Waals surface area contributed by atoms with Gasteiger partial charge in [-0.1, -0.05) is 11.6 Å². The van der Waals surface area contributed by atoms with Crippen molar-refractivity contribution in [1.82, 2.24) is 19.9 Å². The molecule has 0 spiro atoms. The van der Waals surface area contributed by atoms with Gasteiger partial charge in [0.25, 0.3) is 0 Å². The van der Waals surface area contributed by atoms with E-state index in [-0.39, 0.29) is 0 Å². The summed E-state index contributed by atoms with van der Waals surface area (Å²) < 4.78 is 0. The lowest BCUT2D eigenvalue weighted by Gasteiger charge is -2.19. The smallest absolute Gasteiger partial charge is 0.231 e.